The lowest BCUT2D eigenvalue weighted by Crippen LogP contribution is -2.59. The fraction of sp³-hybridized carbons (Fsp3) is 0.385. The van der Waals surface area contributed by atoms with E-state index in [4.69, 9.17) is 21.0 Å². The van der Waals surface area contributed by atoms with Gasteiger partial charge in [-0.15, -0.1) is 0 Å². The number of amides is 2. The number of rotatable bonds is 8. The minimum Gasteiger partial charge on any atom is -0.343 e. The molecule has 2 amide bonds. The van der Waals surface area contributed by atoms with E-state index in [-0.39, 0.29) is 18.3 Å². The molecule has 206 valence electrons. The molecule has 0 saturated heterocycles. The third-order valence-electron chi connectivity index (χ3n) is 7.10. The molecule has 1 unspecified atom stereocenters. The number of hydroxylamine groups is 1. The third-order valence-corrected chi connectivity index (χ3v) is 8.09. The van der Waals surface area contributed by atoms with E-state index in [1.54, 1.807) is 53.4 Å². The molecule has 0 bridgehead atoms. The molecular weight excluding hydrogens is 546 g/mol. The van der Waals surface area contributed by atoms with Crippen molar-refractivity contribution in [2.45, 2.75) is 56.3 Å². The summed E-state index contributed by atoms with van der Waals surface area (Å²) in [6, 6.07) is 12.2. The minimum atomic E-state index is -3.55. The molecule has 1 aliphatic carbocycles. The van der Waals surface area contributed by atoms with Crippen LogP contribution in [0, 0.1) is 0 Å². The van der Waals surface area contributed by atoms with Crippen LogP contribution in [0.5, 0.6) is 0 Å². The van der Waals surface area contributed by atoms with Crippen LogP contribution in [0.2, 0.25) is 5.02 Å². The fourth-order valence-electron chi connectivity index (χ4n) is 5.56. The van der Waals surface area contributed by atoms with E-state index in [1.165, 1.54) is 0 Å². The molecule has 1 aromatic heterocycles. The summed E-state index contributed by atoms with van der Waals surface area (Å²) >= 11 is 6.18. The minimum absolute atomic E-state index is 0.117. The molecule has 0 radical (unpaired) electrons. The van der Waals surface area contributed by atoms with Gasteiger partial charge in [0.2, 0.25) is 16.4 Å². The molecule has 4 atom stereocenters. The number of carbonyl (C=O) groups is 2. The topological polar surface area (TPSA) is 144 Å². The van der Waals surface area contributed by atoms with Gasteiger partial charge in [0, 0.05) is 22.7 Å². The van der Waals surface area contributed by atoms with E-state index in [1.807, 2.05) is 0 Å². The normalized spacial score (nSPS) is 23.3. The number of hydrogen-bond acceptors (Lipinski definition) is 8. The highest BCUT2D eigenvalue weighted by Crippen LogP contribution is 2.46. The van der Waals surface area contributed by atoms with Crippen molar-refractivity contribution in [3.63, 3.8) is 0 Å². The second kappa shape index (κ2) is 11.4. The van der Waals surface area contributed by atoms with Gasteiger partial charge in [0.15, 0.2) is 5.82 Å². The van der Waals surface area contributed by atoms with Crippen LogP contribution in [0.25, 0.3) is 0 Å². The van der Waals surface area contributed by atoms with Gasteiger partial charge in [-0.05, 0) is 42.2 Å². The Hall–Kier alpha value is -3.32. The van der Waals surface area contributed by atoms with Gasteiger partial charge in [-0.3, -0.25) is 14.4 Å². The SMILES string of the molecule is CS(=O)(=O)N[C@H]1CCCCC1N1C(=O)c2ccccc2[C@@H](C(=O)NOCc2ncon2)[C@@H]1c1ccc(Cl)cc1. The van der Waals surface area contributed by atoms with E-state index in [9.17, 15) is 18.0 Å². The van der Waals surface area contributed by atoms with Crippen LogP contribution in [-0.2, 0) is 26.3 Å². The number of nitrogens with zero attached hydrogens (tertiary/aromatic N) is 3. The average molecular weight is 574 g/mol. The van der Waals surface area contributed by atoms with Crippen LogP contribution in [0.4, 0.5) is 0 Å². The summed E-state index contributed by atoms with van der Waals surface area (Å²) in [5.74, 6) is -1.37. The maximum atomic E-state index is 14.1. The first kappa shape index (κ1) is 27.3. The molecular formula is C26H28ClN5O6S. The van der Waals surface area contributed by atoms with Crippen LogP contribution < -0.4 is 10.2 Å². The molecule has 2 heterocycles. The van der Waals surface area contributed by atoms with Gasteiger partial charge in [-0.2, -0.15) is 4.98 Å². The lowest BCUT2D eigenvalue weighted by Gasteiger charge is -2.49. The zero-order chi connectivity index (χ0) is 27.6. The zero-order valence-electron chi connectivity index (χ0n) is 21.1. The van der Waals surface area contributed by atoms with Crippen LogP contribution in [0.3, 0.4) is 0 Å². The van der Waals surface area contributed by atoms with E-state index in [0.717, 1.165) is 25.5 Å². The van der Waals surface area contributed by atoms with Crippen molar-refractivity contribution in [2.24, 2.45) is 0 Å². The average Bonchev–Trinajstić information content (AvgIpc) is 3.42. The van der Waals surface area contributed by atoms with E-state index < -0.39 is 40.0 Å². The van der Waals surface area contributed by atoms with E-state index in [2.05, 4.69) is 20.3 Å². The molecule has 2 N–H and O–H groups in total. The summed E-state index contributed by atoms with van der Waals surface area (Å²) in [6.07, 6.45) is 5.05. The molecule has 2 aliphatic rings. The zero-order valence-corrected chi connectivity index (χ0v) is 22.7. The molecule has 1 fully saturated rings. The number of benzene rings is 2. The molecule has 2 aromatic carbocycles. The van der Waals surface area contributed by atoms with Gasteiger partial charge in [-0.25, -0.2) is 18.6 Å². The van der Waals surface area contributed by atoms with Crippen molar-refractivity contribution in [1.82, 2.24) is 25.2 Å². The fourth-order valence-corrected chi connectivity index (χ4v) is 6.51. The van der Waals surface area contributed by atoms with Crippen LogP contribution in [0.1, 0.15) is 65.0 Å². The van der Waals surface area contributed by atoms with Crippen LogP contribution in [0.15, 0.2) is 59.4 Å². The highest BCUT2D eigenvalue weighted by molar-refractivity contribution is 7.88. The predicted molar refractivity (Wildman–Crippen MR) is 141 cm³/mol. The maximum absolute atomic E-state index is 14.1. The van der Waals surface area contributed by atoms with Crippen molar-refractivity contribution in [3.05, 3.63) is 82.5 Å². The molecule has 11 nitrogen and oxygen atoms in total. The molecule has 5 rings (SSSR count). The summed E-state index contributed by atoms with van der Waals surface area (Å²) in [5, 5.41) is 4.18. The van der Waals surface area contributed by atoms with Gasteiger partial charge in [0.25, 0.3) is 11.8 Å². The second-order valence-electron chi connectivity index (χ2n) is 9.72. The first-order valence-corrected chi connectivity index (χ1v) is 14.8. The van der Waals surface area contributed by atoms with Crippen LogP contribution in [-0.4, -0.2) is 53.6 Å². The smallest absolute Gasteiger partial charge is 0.255 e. The van der Waals surface area contributed by atoms with Crippen molar-refractivity contribution in [1.29, 1.82) is 0 Å². The Bertz CT molecular complexity index is 1430. The van der Waals surface area contributed by atoms with Gasteiger partial charge >= 0.3 is 0 Å². The van der Waals surface area contributed by atoms with Crippen LogP contribution >= 0.6 is 11.6 Å². The Balaban J connectivity index is 1.58. The summed E-state index contributed by atoms with van der Waals surface area (Å²) in [4.78, 5) is 38.9. The van der Waals surface area contributed by atoms with Crippen molar-refractivity contribution < 1.29 is 27.4 Å². The molecule has 13 heteroatoms. The Morgan fingerprint density at radius 1 is 1.15 bits per heavy atom. The third kappa shape index (κ3) is 5.98. The van der Waals surface area contributed by atoms with Gasteiger partial charge in [0.05, 0.1) is 18.2 Å². The second-order valence-corrected chi connectivity index (χ2v) is 11.9. The highest BCUT2D eigenvalue weighted by Gasteiger charge is 2.49. The summed E-state index contributed by atoms with van der Waals surface area (Å²) in [5.41, 5.74) is 4.10. The van der Waals surface area contributed by atoms with Gasteiger partial charge in [0.1, 0.15) is 6.61 Å². The monoisotopic (exact) mass is 573 g/mol. The molecule has 1 saturated carbocycles. The number of nitrogens with one attached hydrogen (secondary N) is 2. The molecule has 39 heavy (non-hydrogen) atoms. The Labute approximate surface area is 230 Å². The van der Waals surface area contributed by atoms with Crippen molar-refractivity contribution >= 4 is 33.4 Å². The Morgan fingerprint density at radius 3 is 2.62 bits per heavy atom. The number of sulfonamides is 1. The predicted octanol–water partition coefficient (Wildman–Crippen LogP) is 3.11. The molecule has 0 spiro atoms. The first-order valence-electron chi connectivity index (χ1n) is 12.5. The number of carbonyl (C=O) groups excluding carboxylic acids is 2. The number of aromatic nitrogens is 2. The number of fused-ring (bicyclic) bond motifs is 1. The maximum Gasteiger partial charge on any atom is 0.255 e. The highest BCUT2D eigenvalue weighted by atomic mass is 35.5. The largest absolute Gasteiger partial charge is 0.343 e. The summed E-state index contributed by atoms with van der Waals surface area (Å²) < 4.78 is 32.0. The van der Waals surface area contributed by atoms with Crippen molar-refractivity contribution in [3.8, 4) is 0 Å². The molecule has 3 aromatic rings. The summed E-state index contributed by atoms with van der Waals surface area (Å²) in [7, 11) is -3.55. The van der Waals surface area contributed by atoms with Gasteiger partial charge < -0.3 is 9.42 Å². The number of hydrogen-bond donors (Lipinski definition) is 2. The Morgan fingerprint density at radius 2 is 1.90 bits per heavy atom. The quantitative estimate of drug-likeness (QED) is 0.391. The van der Waals surface area contributed by atoms with E-state index >= 15 is 0 Å². The first-order chi connectivity index (χ1) is 18.7. The standard InChI is InChI=1S/C26H28ClN5O6S/c1-39(35,36)31-20-8-4-5-9-21(20)32-24(16-10-12-17(27)13-11-16)23(18-6-2-3-7-19(18)26(32)34)25(33)30-37-14-22-28-15-38-29-22/h2-3,6-7,10-13,15,20-21,23-24,31H,4-5,8-9,14H2,1H3,(H,30,33)/t20-,21?,23+,24-/m0/s1. The van der Waals surface area contributed by atoms with E-state index in [0.29, 0.717) is 34.6 Å². The lowest BCUT2D eigenvalue weighted by atomic mass is 9.76. The number of halogens is 1. The van der Waals surface area contributed by atoms with Crippen molar-refractivity contribution in [2.75, 3.05) is 6.26 Å². The van der Waals surface area contributed by atoms with Gasteiger partial charge in [-0.1, -0.05) is 59.9 Å². The lowest BCUT2D eigenvalue weighted by molar-refractivity contribution is -0.138. The molecule has 1 aliphatic heterocycles. The Kier molecular flexibility index (Phi) is 7.98. The summed E-state index contributed by atoms with van der Waals surface area (Å²) in [6.45, 7) is -0.117.